The predicted octanol–water partition coefficient (Wildman–Crippen LogP) is 4.21. The van der Waals surface area contributed by atoms with Crippen LogP contribution in [0.15, 0.2) is 17.0 Å². The first-order valence-corrected chi connectivity index (χ1v) is 7.79. The quantitative estimate of drug-likeness (QED) is 0.618. The van der Waals surface area contributed by atoms with Gasteiger partial charge in [-0.2, -0.15) is 0 Å². The molecule has 3 nitrogen and oxygen atoms in total. The molecule has 6 heteroatoms. The molecule has 0 bridgehead atoms. The Bertz CT molecular complexity index is 442. The molecule has 19 heavy (non-hydrogen) atoms. The third kappa shape index (κ3) is 4.26. The summed E-state index contributed by atoms with van der Waals surface area (Å²) in [7, 11) is 1.45. The largest absolute Gasteiger partial charge is 0.469 e. The second-order valence-corrected chi connectivity index (χ2v) is 6.71. The summed E-state index contributed by atoms with van der Waals surface area (Å²) in [6, 6.07) is 3.65. The minimum absolute atomic E-state index is 0.0615. The number of nitrogens with zero attached hydrogens (tertiary/aromatic N) is 1. The van der Waals surface area contributed by atoms with Gasteiger partial charge < -0.3 is 4.74 Å². The van der Waals surface area contributed by atoms with Crippen molar-refractivity contribution in [2.75, 3.05) is 7.11 Å². The molecule has 0 amide bonds. The minimum atomic E-state index is -0.0848. The average molecular weight is 320 g/mol. The van der Waals surface area contributed by atoms with E-state index in [0.29, 0.717) is 15.6 Å². The first-order valence-electron chi connectivity index (χ1n) is 6.16. The predicted molar refractivity (Wildman–Crippen MR) is 77.9 cm³/mol. The van der Waals surface area contributed by atoms with Crippen LogP contribution in [0.1, 0.15) is 25.7 Å². The molecule has 1 heterocycles. The van der Waals surface area contributed by atoms with Crippen LogP contribution in [0, 0.1) is 5.92 Å². The molecule has 104 valence electrons. The van der Waals surface area contributed by atoms with Gasteiger partial charge in [-0.15, -0.1) is 11.8 Å². The van der Waals surface area contributed by atoms with Crippen molar-refractivity contribution in [3.63, 3.8) is 0 Å². The third-order valence-corrected chi connectivity index (χ3v) is 4.95. The molecule has 1 fully saturated rings. The van der Waals surface area contributed by atoms with E-state index in [1.54, 1.807) is 11.8 Å². The highest BCUT2D eigenvalue weighted by Crippen LogP contribution is 2.37. The van der Waals surface area contributed by atoms with Gasteiger partial charge in [0.15, 0.2) is 0 Å². The van der Waals surface area contributed by atoms with E-state index in [-0.39, 0.29) is 11.9 Å². The van der Waals surface area contributed by atoms with Crippen LogP contribution >= 0.6 is 35.0 Å². The van der Waals surface area contributed by atoms with Crippen LogP contribution in [0.4, 0.5) is 0 Å². The Balaban J connectivity index is 1.90. The fourth-order valence-electron chi connectivity index (χ4n) is 2.29. The van der Waals surface area contributed by atoms with Crippen molar-refractivity contribution in [3.05, 3.63) is 22.4 Å². The maximum absolute atomic E-state index is 11.4. The molecule has 0 aliphatic heterocycles. The molecule has 0 radical (unpaired) electrons. The van der Waals surface area contributed by atoms with E-state index < -0.39 is 0 Å². The monoisotopic (exact) mass is 319 g/mol. The summed E-state index contributed by atoms with van der Waals surface area (Å²) < 4.78 is 4.79. The lowest BCUT2D eigenvalue weighted by Gasteiger charge is -2.26. The van der Waals surface area contributed by atoms with E-state index in [4.69, 9.17) is 27.9 Å². The highest BCUT2D eigenvalue weighted by molar-refractivity contribution is 8.00. The van der Waals surface area contributed by atoms with Crippen molar-refractivity contribution < 1.29 is 9.53 Å². The van der Waals surface area contributed by atoms with Crippen LogP contribution < -0.4 is 0 Å². The molecule has 1 aliphatic rings. The lowest BCUT2D eigenvalue weighted by atomic mass is 9.89. The maximum Gasteiger partial charge on any atom is 0.308 e. The Kier molecular flexibility index (Phi) is 5.37. The second kappa shape index (κ2) is 6.82. The van der Waals surface area contributed by atoms with Crippen LogP contribution in [0.2, 0.25) is 10.3 Å². The fourth-order valence-corrected chi connectivity index (χ4v) is 4.13. The Morgan fingerprint density at radius 2 is 1.84 bits per heavy atom. The summed E-state index contributed by atoms with van der Waals surface area (Å²) >= 11 is 13.5. The Morgan fingerprint density at radius 1 is 1.26 bits per heavy atom. The van der Waals surface area contributed by atoms with Crippen LogP contribution in [-0.2, 0) is 9.53 Å². The van der Waals surface area contributed by atoms with Gasteiger partial charge >= 0.3 is 5.97 Å². The highest BCUT2D eigenvalue weighted by atomic mass is 35.5. The van der Waals surface area contributed by atoms with Crippen molar-refractivity contribution in [2.24, 2.45) is 5.92 Å². The van der Waals surface area contributed by atoms with Gasteiger partial charge in [0.1, 0.15) is 10.3 Å². The molecule has 0 unspecified atom stereocenters. The van der Waals surface area contributed by atoms with Crippen molar-refractivity contribution >= 4 is 40.9 Å². The molecule has 0 N–H and O–H groups in total. The number of thioether (sulfide) groups is 1. The average Bonchev–Trinajstić information content (AvgIpc) is 2.37. The van der Waals surface area contributed by atoms with Gasteiger partial charge in [-0.05, 0) is 37.8 Å². The van der Waals surface area contributed by atoms with E-state index in [1.165, 1.54) is 7.11 Å². The van der Waals surface area contributed by atoms with Crippen molar-refractivity contribution in [1.29, 1.82) is 0 Å². The Hall–Kier alpha value is -0.450. The zero-order valence-corrected chi connectivity index (χ0v) is 12.9. The molecule has 0 spiro atoms. The SMILES string of the molecule is COC(=O)[C@H]1CC[C@H](Sc2cc(Cl)nc(Cl)c2)CC1. The third-order valence-electron chi connectivity index (χ3n) is 3.25. The normalized spacial score (nSPS) is 23.1. The molecule has 1 aromatic heterocycles. The number of aromatic nitrogens is 1. The summed E-state index contributed by atoms with van der Waals surface area (Å²) in [4.78, 5) is 16.4. The van der Waals surface area contributed by atoms with Crippen LogP contribution in [0.25, 0.3) is 0 Å². The van der Waals surface area contributed by atoms with E-state index in [2.05, 4.69) is 4.98 Å². The molecular formula is C13H15Cl2NO2S. The van der Waals surface area contributed by atoms with Gasteiger partial charge in [0.25, 0.3) is 0 Å². The number of halogens is 2. The number of hydrogen-bond acceptors (Lipinski definition) is 4. The van der Waals surface area contributed by atoms with Crippen molar-refractivity contribution in [2.45, 2.75) is 35.8 Å². The molecular weight excluding hydrogens is 305 g/mol. The first-order chi connectivity index (χ1) is 9.08. The van der Waals surface area contributed by atoms with Crippen LogP contribution in [0.5, 0.6) is 0 Å². The zero-order chi connectivity index (χ0) is 13.8. The smallest absolute Gasteiger partial charge is 0.308 e. The van der Waals surface area contributed by atoms with E-state index in [1.807, 2.05) is 12.1 Å². The summed E-state index contributed by atoms with van der Waals surface area (Å²) in [6.07, 6.45) is 3.78. The topological polar surface area (TPSA) is 39.2 Å². The second-order valence-electron chi connectivity index (χ2n) is 4.56. The number of carbonyl (C=O) groups excluding carboxylic acids is 1. The lowest BCUT2D eigenvalue weighted by Crippen LogP contribution is -2.23. The standard InChI is InChI=1S/C13H15Cl2NO2S/c1-18-13(17)8-2-4-9(5-3-8)19-10-6-11(14)16-12(15)7-10/h6-9H,2-5H2,1H3/t8-,9-. The first kappa shape index (κ1) is 14.9. The van der Waals surface area contributed by atoms with E-state index in [9.17, 15) is 4.79 Å². The zero-order valence-electron chi connectivity index (χ0n) is 10.6. The van der Waals surface area contributed by atoms with Crippen molar-refractivity contribution in [3.8, 4) is 0 Å². The summed E-state index contributed by atoms with van der Waals surface area (Å²) in [5.41, 5.74) is 0. The Morgan fingerprint density at radius 3 is 2.37 bits per heavy atom. The maximum atomic E-state index is 11.4. The summed E-state index contributed by atoms with van der Waals surface area (Å²) in [5, 5.41) is 1.33. The number of ether oxygens (including phenoxy) is 1. The number of methoxy groups -OCH3 is 1. The summed E-state index contributed by atoms with van der Waals surface area (Å²) in [5.74, 6) is -0.0232. The number of rotatable bonds is 3. The van der Waals surface area contributed by atoms with Gasteiger partial charge in [-0.25, -0.2) is 4.98 Å². The van der Waals surface area contributed by atoms with E-state index >= 15 is 0 Å². The molecule has 1 saturated carbocycles. The number of carbonyl (C=O) groups is 1. The van der Waals surface area contributed by atoms with Crippen LogP contribution in [0.3, 0.4) is 0 Å². The molecule has 1 aromatic rings. The highest BCUT2D eigenvalue weighted by Gasteiger charge is 2.27. The fraction of sp³-hybridized carbons (Fsp3) is 0.538. The van der Waals surface area contributed by atoms with Gasteiger partial charge in [-0.1, -0.05) is 23.2 Å². The molecule has 1 aliphatic carbocycles. The van der Waals surface area contributed by atoms with Gasteiger partial charge in [0, 0.05) is 10.1 Å². The van der Waals surface area contributed by atoms with Gasteiger partial charge in [0.2, 0.25) is 0 Å². The molecule has 2 rings (SSSR count). The Labute approximate surface area is 127 Å². The molecule has 0 atom stereocenters. The van der Waals surface area contributed by atoms with E-state index in [0.717, 1.165) is 30.6 Å². The van der Waals surface area contributed by atoms with Crippen molar-refractivity contribution in [1.82, 2.24) is 4.98 Å². The summed E-state index contributed by atoms with van der Waals surface area (Å²) in [6.45, 7) is 0. The number of esters is 1. The number of pyridine rings is 1. The molecule has 0 aromatic carbocycles. The van der Waals surface area contributed by atoms with Crippen LogP contribution in [-0.4, -0.2) is 23.3 Å². The van der Waals surface area contributed by atoms with Gasteiger partial charge in [-0.3, -0.25) is 4.79 Å². The van der Waals surface area contributed by atoms with Gasteiger partial charge in [0.05, 0.1) is 13.0 Å². The lowest BCUT2D eigenvalue weighted by molar-refractivity contribution is -0.146. The minimum Gasteiger partial charge on any atom is -0.469 e. The number of hydrogen-bond donors (Lipinski definition) is 0. The molecule has 0 saturated heterocycles.